The maximum Gasteiger partial charge on any atom is 0.129 e. The Bertz CT molecular complexity index is 473. The van der Waals surface area contributed by atoms with Crippen molar-refractivity contribution in [1.29, 1.82) is 5.41 Å². The Labute approximate surface area is 128 Å². The van der Waals surface area contributed by atoms with Crippen LogP contribution in [0.25, 0.3) is 0 Å². The van der Waals surface area contributed by atoms with E-state index in [0.717, 1.165) is 25.2 Å². The second kappa shape index (κ2) is 8.00. The molecule has 0 saturated carbocycles. The number of hydrogen-bond donors (Lipinski definition) is 2. The van der Waals surface area contributed by atoms with Gasteiger partial charge in [0, 0.05) is 19.1 Å². The number of nitrogens with zero attached hydrogens (tertiary/aromatic N) is 2. The second-order valence-corrected chi connectivity index (χ2v) is 5.62. The van der Waals surface area contributed by atoms with Gasteiger partial charge in [0.15, 0.2) is 0 Å². The van der Waals surface area contributed by atoms with Gasteiger partial charge in [-0.15, -0.1) is 0 Å². The molecule has 0 amide bonds. The van der Waals surface area contributed by atoms with E-state index in [1.807, 2.05) is 18.2 Å². The molecular weight excluding hydrogens is 264 g/mol. The van der Waals surface area contributed by atoms with E-state index in [9.17, 15) is 0 Å². The molecule has 0 saturated heterocycles. The third kappa shape index (κ3) is 5.02. The maximum atomic E-state index is 7.66. The predicted molar refractivity (Wildman–Crippen MR) is 88.1 cm³/mol. The van der Waals surface area contributed by atoms with E-state index in [2.05, 4.69) is 37.7 Å². The number of ether oxygens (including phenoxy) is 1. The van der Waals surface area contributed by atoms with Crippen LogP contribution in [0.1, 0.15) is 25.0 Å². The summed E-state index contributed by atoms with van der Waals surface area (Å²) in [6.45, 7) is 7.25. The summed E-state index contributed by atoms with van der Waals surface area (Å²) in [5, 5.41) is 7.66. The van der Waals surface area contributed by atoms with Gasteiger partial charge in [-0.2, -0.15) is 0 Å². The number of amidine groups is 1. The van der Waals surface area contributed by atoms with Crippen molar-refractivity contribution in [2.75, 3.05) is 34.3 Å². The van der Waals surface area contributed by atoms with Crippen molar-refractivity contribution in [2.24, 2.45) is 5.73 Å². The molecule has 5 heteroatoms. The number of likely N-dealkylation sites (N-methyl/N-ethyl adjacent to an activating group) is 2. The van der Waals surface area contributed by atoms with E-state index in [1.165, 1.54) is 0 Å². The van der Waals surface area contributed by atoms with Gasteiger partial charge in [-0.05, 0) is 45.3 Å². The van der Waals surface area contributed by atoms with E-state index in [-0.39, 0.29) is 5.84 Å². The average Bonchev–Trinajstić information content (AvgIpc) is 2.43. The fourth-order valence-corrected chi connectivity index (χ4v) is 2.52. The van der Waals surface area contributed by atoms with E-state index in [4.69, 9.17) is 15.9 Å². The number of nitrogens with two attached hydrogens (primary N) is 1. The quantitative estimate of drug-likeness (QED) is 0.566. The van der Waals surface area contributed by atoms with Gasteiger partial charge in [-0.25, -0.2) is 0 Å². The maximum absolute atomic E-state index is 7.66. The zero-order valence-corrected chi connectivity index (χ0v) is 13.8. The molecule has 0 aliphatic carbocycles. The van der Waals surface area contributed by atoms with Crippen LogP contribution >= 0.6 is 0 Å². The molecule has 0 heterocycles. The molecule has 3 N–H and O–H groups in total. The van der Waals surface area contributed by atoms with Crippen molar-refractivity contribution in [1.82, 2.24) is 9.80 Å². The zero-order valence-electron chi connectivity index (χ0n) is 13.8. The van der Waals surface area contributed by atoms with Crippen molar-refractivity contribution in [3.63, 3.8) is 0 Å². The van der Waals surface area contributed by atoms with Crippen molar-refractivity contribution in [3.05, 3.63) is 29.3 Å². The van der Waals surface area contributed by atoms with Crippen molar-refractivity contribution in [3.8, 4) is 5.75 Å². The van der Waals surface area contributed by atoms with Crippen LogP contribution in [0.3, 0.4) is 0 Å². The Morgan fingerprint density at radius 1 is 1.38 bits per heavy atom. The minimum Gasteiger partial charge on any atom is -0.496 e. The molecule has 0 fully saturated rings. The predicted octanol–water partition coefficient (Wildman–Crippen LogP) is 1.75. The summed E-state index contributed by atoms with van der Waals surface area (Å²) in [4.78, 5) is 4.61. The third-order valence-electron chi connectivity index (χ3n) is 3.60. The van der Waals surface area contributed by atoms with Gasteiger partial charge in [-0.3, -0.25) is 10.3 Å². The van der Waals surface area contributed by atoms with Crippen LogP contribution in [0, 0.1) is 5.41 Å². The lowest BCUT2D eigenvalue weighted by atomic mass is 10.1. The zero-order chi connectivity index (χ0) is 16.0. The molecule has 1 rings (SSSR count). The minimum absolute atomic E-state index is 0.0399. The van der Waals surface area contributed by atoms with E-state index < -0.39 is 0 Å². The summed E-state index contributed by atoms with van der Waals surface area (Å²) >= 11 is 0. The summed E-state index contributed by atoms with van der Waals surface area (Å²) < 4.78 is 5.25. The van der Waals surface area contributed by atoms with Crippen LogP contribution in [0.15, 0.2) is 18.2 Å². The first-order valence-corrected chi connectivity index (χ1v) is 7.29. The third-order valence-corrected chi connectivity index (χ3v) is 3.60. The Morgan fingerprint density at radius 3 is 2.52 bits per heavy atom. The van der Waals surface area contributed by atoms with Gasteiger partial charge in [0.05, 0.1) is 12.7 Å². The minimum atomic E-state index is 0.0399. The van der Waals surface area contributed by atoms with Gasteiger partial charge in [0.1, 0.15) is 11.6 Å². The van der Waals surface area contributed by atoms with Gasteiger partial charge in [0.2, 0.25) is 0 Å². The number of hydrogen-bond acceptors (Lipinski definition) is 4. The molecule has 1 unspecified atom stereocenters. The lowest BCUT2D eigenvalue weighted by Gasteiger charge is -2.30. The first-order valence-electron chi connectivity index (χ1n) is 7.29. The summed E-state index contributed by atoms with van der Waals surface area (Å²) in [6, 6.07) is 6.34. The molecule has 0 aromatic heterocycles. The molecule has 1 atom stereocenters. The fourth-order valence-electron chi connectivity index (χ4n) is 2.52. The van der Waals surface area contributed by atoms with Crippen molar-refractivity contribution < 1.29 is 4.74 Å². The molecule has 5 nitrogen and oxygen atoms in total. The van der Waals surface area contributed by atoms with Crippen LogP contribution in [-0.2, 0) is 6.54 Å². The summed E-state index contributed by atoms with van der Waals surface area (Å²) in [5.74, 6) is 0.689. The highest BCUT2D eigenvalue weighted by Gasteiger charge is 2.15. The van der Waals surface area contributed by atoms with Crippen molar-refractivity contribution in [2.45, 2.75) is 26.4 Å². The monoisotopic (exact) mass is 292 g/mol. The average molecular weight is 292 g/mol. The van der Waals surface area contributed by atoms with Crippen LogP contribution in [-0.4, -0.2) is 56.0 Å². The van der Waals surface area contributed by atoms with Crippen molar-refractivity contribution >= 4 is 5.84 Å². The van der Waals surface area contributed by atoms with Gasteiger partial charge >= 0.3 is 0 Å². The summed E-state index contributed by atoms with van der Waals surface area (Å²) in [6.07, 6.45) is 0. The summed E-state index contributed by atoms with van der Waals surface area (Å²) in [5.41, 5.74) is 7.44. The molecule has 118 valence electrons. The number of methoxy groups -OCH3 is 1. The normalized spacial score (nSPS) is 12.7. The molecular formula is C16H28N4O. The highest BCUT2D eigenvalue weighted by molar-refractivity contribution is 5.97. The highest BCUT2D eigenvalue weighted by Crippen LogP contribution is 2.20. The molecule has 1 aromatic carbocycles. The Hall–Kier alpha value is -1.59. The largest absolute Gasteiger partial charge is 0.496 e. The van der Waals surface area contributed by atoms with E-state index in [1.54, 1.807) is 7.11 Å². The fraction of sp³-hybridized carbons (Fsp3) is 0.562. The van der Waals surface area contributed by atoms with E-state index >= 15 is 0 Å². The molecule has 0 spiro atoms. The first kappa shape index (κ1) is 17.5. The highest BCUT2D eigenvalue weighted by atomic mass is 16.5. The van der Waals surface area contributed by atoms with Crippen LogP contribution < -0.4 is 10.5 Å². The number of benzene rings is 1. The van der Waals surface area contributed by atoms with Gasteiger partial charge < -0.3 is 15.4 Å². The van der Waals surface area contributed by atoms with Crippen LogP contribution in [0.2, 0.25) is 0 Å². The molecule has 21 heavy (non-hydrogen) atoms. The van der Waals surface area contributed by atoms with E-state index in [0.29, 0.717) is 17.4 Å². The van der Waals surface area contributed by atoms with Gasteiger partial charge in [-0.1, -0.05) is 13.0 Å². The molecule has 0 aliphatic rings. The van der Waals surface area contributed by atoms with Crippen LogP contribution in [0.4, 0.5) is 0 Å². The van der Waals surface area contributed by atoms with Gasteiger partial charge in [0.25, 0.3) is 0 Å². The first-order chi connectivity index (χ1) is 9.88. The second-order valence-electron chi connectivity index (χ2n) is 5.62. The topological polar surface area (TPSA) is 65.6 Å². The lowest BCUT2D eigenvalue weighted by molar-refractivity contribution is 0.174. The molecule has 0 aliphatic heterocycles. The lowest BCUT2D eigenvalue weighted by Crippen LogP contribution is -2.39. The Kier molecular flexibility index (Phi) is 6.65. The number of nitrogen functional groups attached to an aromatic ring is 1. The number of rotatable bonds is 8. The molecule has 0 radical (unpaired) electrons. The standard InChI is InChI=1S/C16H28N4O/c1-6-20(12(2)10-19(3)4)11-13-7-8-15(21-5)14(9-13)16(17)18/h7-9,12H,6,10-11H2,1-5H3,(H3,17,18). The smallest absolute Gasteiger partial charge is 0.129 e. The Balaban J connectivity index is 2.90. The molecule has 1 aromatic rings. The SMILES string of the molecule is CCN(Cc1ccc(OC)c(C(=N)N)c1)C(C)CN(C)C. The number of nitrogens with one attached hydrogen (secondary N) is 1. The molecule has 0 bridgehead atoms. The summed E-state index contributed by atoms with van der Waals surface area (Å²) in [7, 11) is 5.77. The Morgan fingerprint density at radius 2 is 2.05 bits per heavy atom. The van der Waals surface area contributed by atoms with Crippen LogP contribution in [0.5, 0.6) is 5.75 Å².